The van der Waals surface area contributed by atoms with E-state index in [1.54, 1.807) is 5.19 Å². The average Bonchev–Trinajstić information content (AvgIpc) is 3.74. The van der Waals surface area contributed by atoms with Crippen LogP contribution < -0.4 is 10.4 Å². The summed E-state index contributed by atoms with van der Waals surface area (Å²) in [5, 5.41) is 8.10. The molecule has 0 bridgehead atoms. The van der Waals surface area contributed by atoms with Gasteiger partial charge in [0.2, 0.25) is 0 Å². The number of rotatable bonds is 3. The molecule has 0 unspecified atom stereocenters. The van der Waals surface area contributed by atoms with Crippen LogP contribution in [0.5, 0.6) is 0 Å². The van der Waals surface area contributed by atoms with E-state index in [9.17, 15) is 0 Å². The molecule has 7 aromatic carbocycles. The molecule has 3 heteroatoms. The molecule has 9 aromatic rings. The smallest absolute Gasteiger partial charge is 0.114 e. The molecule has 1 aliphatic heterocycles. The maximum atomic E-state index is 3.82. The standard InChI is InChI=1S/C44H32N2Si/c1-47(2)41-23-13-9-19-33(41)37-27-29(26-36(44(37)47)28-14-4-3-5-15-28)30-16-7-11-21-39(30)46-40-22-12-8-18-32(40)35-25-24-34-31-17-6-10-20-38(31)45-42(34)43(35)46/h3-27,45H,1-2H3. The normalized spacial score (nSPS) is 13.5. The van der Waals surface area contributed by atoms with Crippen molar-refractivity contribution in [1.82, 2.24) is 9.55 Å². The Morgan fingerprint density at radius 3 is 2.02 bits per heavy atom. The number of nitrogens with zero attached hydrogens (tertiary/aromatic N) is 1. The van der Waals surface area contributed by atoms with Crippen LogP contribution >= 0.6 is 0 Å². The van der Waals surface area contributed by atoms with E-state index < -0.39 is 8.07 Å². The Balaban J connectivity index is 1.32. The third kappa shape index (κ3) is 3.66. The second-order valence-corrected chi connectivity index (χ2v) is 17.7. The Morgan fingerprint density at radius 2 is 1.15 bits per heavy atom. The highest BCUT2D eigenvalue weighted by atomic mass is 28.3. The summed E-state index contributed by atoms with van der Waals surface area (Å²) in [5.41, 5.74) is 13.9. The number of H-pyrrole nitrogens is 1. The summed E-state index contributed by atoms with van der Waals surface area (Å²) in [7, 11) is -1.93. The molecule has 2 aromatic heterocycles. The van der Waals surface area contributed by atoms with Crippen molar-refractivity contribution < 1.29 is 0 Å². The number of benzene rings is 7. The van der Waals surface area contributed by atoms with Crippen LogP contribution in [0.2, 0.25) is 13.1 Å². The average molecular weight is 617 g/mol. The molecule has 0 saturated heterocycles. The van der Waals surface area contributed by atoms with Crippen molar-refractivity contribution in [2.75, 3.05) is 0 Å². The van der Waals surface area contributed by atoms with Crippen molar-refractivity contribution >= 4 is 62.1 Å². The van der Waals surface area contributed by atoms with Gasteiger partial charge in [-0.1, -0.05) is 134 Å². The van der Waals surface area contributed by atoms with E-state index in [4.69, 9.17) is 0 Å². The summed E-state index contributed by atoms with van der Waals surface area (Å²) in [4.78, 5) is 3.82. The first-order valence-corrected chi connectivity index (χ1v) is 19.5. The topological polar surface area (TPSA) is 20.7 Å². The van der Waals surface area contributed by atoms with Gasteiger partial charge >= 0.3 is 0 Å². The number of hydrogen-bond acceptors (Lipinski definition) is 0. The van der Waals surface area contributed by atoms with E-state index in [1.165, 1.54) is 82.3 Å². The number of fused-ring (bicyclic) bond motifs is 10. The molecule has 3 heterocycles. The molecule has 0 fully saturated rings. The molecule has 0 amide bonds. The molecule has 10 rings (SSSR count). The lowest BCUT2D eigenvalue weighted by Crippen LogP contribution is -2.50. The van der Waals surface area contributed by atoms with Gasteiger partial charge in [-0.25, -0.2) is 0 Å². The van der Waals surface area contributed by atoms with Crippen LogP contribution in [0.1, 0.15) is 0 Å². The minimum Gasteiger partial charge on any atom is -0.353 e. The molecule has 2 nitrogen and oxygen atoms in total. The predicted octanol–water partition coefficient (Wildman–Crippen LogP) is 10.6. The van der Waals surface area contributed by atoms with E-state index in [0.29, 0.717) is 0 Å². The number of aromatic amines is 1. The van der Waals surface area contributed by atoms with Gasteiger partial charge in [0, 0.05) is 32.6 Å². The summed E-state index contributed by atoms with van der Waals surface area (Å²) in [5.74, 6) is 0. The van der Waals surface area contributed by atoms with Gasteiger partial charge in [0.05, 0.1) is 22.2 Å². The zero-order valence-corrected chi connectivity index (χ0v) is 27.4. The quantitative estimate of drug-likeness (QED) is 0.191. The molecule has 0 spiro atoms. The van der Waals surface area contributed by atoms with Gasteiger partial charge in [-0.15, -0.1) is 0 Å². The fraction of sp³-hybridized carbons (Fsp3) is 0.0455. The maximum Gasteiger partial charge on any atom is 0.114 e. The highest BCUT2D eigenvalue weighted by molar-refractivity contribution is 7.04. The Labute approximate surface area is 274 Å². The minimum atomic E-state index is -1.93. The van der Waals surface area contributed by atoms with Crippen molar-refractivity contribution in [1.29, 1.82) is 0 Å². The van der Waals surface area contributed by atoms with Crippen LogP contribution in [0.4, 0.5) is 0 Å². The van der Waals surface area contributed by atoms with Gasteiger partial charge in [0.15, 0.2) is 0 Å². The molecule has 1 N–H and O–H groups in total. The van der Waals surface area contributed by atoms with Crippen molar-refractivity contribution in [3.8, 4) is 39.1 Å². The van der Waals surface area contributed by atoms with Crippen LogP contribution in [-0.2, 0) is 0 Å². The molecule has 0 aliphatic carbocycles. The summed E-state index contributed by atoms with van der Waals surface area (Å²) in [6.45, 7) is 5.03. The summed E-state index contributed by atoms with van der Waals surface area (Å²) in [6.07, 6.45) is 0. The predicted molar refractivity (Wildman–Crippen MR) is 203 cm³/mol. The zero-order valence-electron chi connectivity index (χ0n) is 26.4. The fourth-order valence-electron chi connectivity index (χ4n) is 8.46. The SMILES string of the molecule is C[Si]1(C)c2ccccc2-c2cc(-c3ccccc3-n3c4ccccc4c4ccc5c6ccccc6[nH]c5c43)cc(-c3ccccc3)c21. The van der Waals surface area contributed by atoms with Gasteiger partial charge in [0.25, 0.3) is 0 Å². The van der Waals surface area contributed by atoms with Crippen LogP contribution in [0, 0.1) is 0 Å². The molecule has 0 radical (unpaired) electrons. The van der Waals surface area contributed by atoms with Crippen LogP contribution in [0.25, 0.3) is 82.7 Å². The monoisotopic (exact) mass is 616 g/mol. The first-order valence-electron chi connectivity index (χ1n) is 16.5. The van der Waals surface area contributed by atoms with Crippen LogP contribution in [-0.4, -0.2) is 17.6 Å². The third-order valence-electron chi connectivity index (χ3n) is 10.5. The van der Waals surface area contributed by atoms with E-state index in [-0.39, 0.29) is 0 Å². The number of aromatic nitrogens is 2. The van der Waals surface area contributed by atoms with Gasteiger partial charge in [0.1, 0.15) is 8.07 Å². The molecular weight excluding hydrogens is 585 g/mol. The van der Waals surface area contributed by atoms with E-state index in [1.807, 2.05) is 0 Å². The minimum absolute atomic E-state index is 1.16. The van der Waals surface area contributed by atoms with E-state index in [2.05, 4.69) is 174 Å². The first kappa shape index (κ1) is 26.6. The first-order chi connectivity index (χ1) is 23.1. The molecule has 47 heavy (non-hydrogen) atoms. The highest BCUT2D eigenvalue weighted by Gasteiger charge is 2.39. The second-order valence-electron chi connectivity index (χ2n) is 13.4. The third-order valence-corrected chi connectivity index (χ3v) is 14.1. The fourth-order valence-corrected chi connectivity index (χ4v) is 11.9. The Bertz CT molecular complexity index is 2710. The largest absolute Gasteiger partial charge is 0.353 e. The Morgan fingerprint density at radius 1 is 0.489 bits per heavy atom. The van der Waals surface area contributed by atoms with Gasteiger partial charge in [-0.05, 0) is 68.5 Å². The van der Waals surface area contributed by atoms with Gasteiger partial charge in [-0.2, -0.15) is 0 Å². The van der Waals surface area contributed by atoms with Crippen molar-refractivity contribution in [3.05, 3.63) is 152 Å². The Kier molecular flexibility index (Phi) is 5.47. The molecular formula is C44H32N2Si. The van der Waals surface area contributed by atoms with Crippen molar-refractivity contribution in [2.45, 2.75) is 13.1 Å². The number of nitrogens with one attached hydrogen (secondary N) is 1. The van der Waals surface area contributed by atoms with Gasteiger partial charge < -0.3 is 9.55 Å². The van der Waals surface area contributed by atoms with Crippen molar-refractivity contribution in [3.63, 3.8) is 0 Å². The molecule has 0 saturated carbocycles. The summed E-state index contributed by atoms with van der Waals surface area (Å²) < 4.78 is 2.50. The lowest BCUT2D eigenvalue weighted by Gasteiger charge is -2.23. The Hall–Kier alpha value is -5.64. The van der Waals surface area contributed by atoms with E-state index in [0.717, 1.165) is 5.52 Å². The maximum absolute atomic E-state index is 3.82. The summed E-state index contributed by atoms with van der Waals surface area (Å²) in [6, 6.07) is 56.1. The van der Waals surface area contributed by atoms with Crippen LogP contribution in [0.3, 0.4) is 0 Å². The molecule has 1 aliphatic rings. The molecule has 222 valence electrons. The van der Waals surface area contributed by atoms with Crippen molar-refractivity contribution in [2.24, 2.45) is 0 Å². The van der Waals surface area contributed by atoms with Crippen LogP contribution in [0.15, 0.2) is 152 Å². The number of hydrogen-bond donors (Lipinski definition) is 1. The second kappa shape index (κ2) is 9.68. The summed E-state index contributed by atoms with van der Waals surface area (Å²) >= 11 is 0. The number of para-hydroxylation sites is 3. The lowest BCUT2D eigenvalue weighted by molar-refractivity contribution is 1.18. The highest BCUT2D eigenvalue weighted by Crippen LogP contribution is 2.43. The lowest BCUT2D eigenvalue weighted by atomic mass is 9.92. The van der Waals surface area contributed by atoms with Gasteiger partial charge in [-0.3, -0.25) is 0 Å². The molecule has 0 atom stereocenters. The van der Waals surface area contributed by atoms with E-state index >= 15 is 0 Å². The zero-order chi connectivity index (χ0) is 31.3.